The molecule has 1 amide bonds. The first-order valence-corrected chi connectivity index (χ1v) is 10.5. The van der Waals surface area contributed by atoms with Crippen molar-refractivity contribution in [2.24, 2.45) is 0 Å². The molecule has 1 aliphatic rings. The van der Waals surface area contributed by atoms with Crippen LogP contribution in [0.2, 0.25) is 0 Å². The second-order valence-electron chi connectivity index (χ2n) is 7.15. The van der Waals surface area contributed by atoms with Crippen LogP contribution < -0.4 is 10.0 Å². The molecule has 6 nitrogen and oxygen atoms in total. The third-order valence-corrected chi connectivity index (χ3v) is 6.06. The Bertz CT molecular complexity index is 933. The smallest absolute Gasteiger partial charge is 0.255 e. The van der Waals surface area contributed by atoms with E-state index in [1.54, 1.807) is 24.3 Å². The van der Waals surface area contributed by atoms with E-state index in [4.69, 9.17) is 0 Å². The lowest BCUT2D eigenvalue weighted by Gasteiger charge is -2.11. The Morgan fingerprint density at radius 2 is 1.81 bits per heavy atom. The molecule has 27 heavy (non-hydrogen) atoms. The highest BCUT2D eigenvalue weighted by molar-refractivity contribution is 7.89. The van der Waals surface area contributed by atoms with Gasteiger partial charge in [0.05, 0.1) is 10.5 Å². The van der Waals surface area contributed by atoms with Crippen LogP contribution in [0, 0.1) is 0 Å². The molecule has 2 aromatic rings. The molecule has 0 aliphatic heterocycles. The molecular weight excluding hydrogens is 364 g/mol. The van der Waals surface area contributed by atoms with Crippen molar-refractivity contribution in [3.63, 3.8) is 0 Å². The summed E-state index contributed by atoms with van der Waals surface area (Å²) in [6, 6.07) is 11.5. The molecule has 7 heteroatoms. The van der Waals surface area contributed by atoms with Gasteiger partial charge < -0.3 is 10.4 Å². The molecule has 3 rings (SSSR count). The fourth-order valence-corrected chi connectivity index (χ4v) is 3.96. The predicted molar refractivity (Wildman–Crippen MR) is 103 cm³/mol. The molecular formula is C20H24N2O4S. The van der Waals surface area contributed by atoms with Gasteiger partial charge in [-0.2, -0.15) is 0 Å². The number of rotatable bonds is 7. The van der Waals surface area contributed by atoms with Crippen molar-refractivity contribution < 1.29 is 18.3 Å². The first-order chi connectivity index (χ1) is 12.8. The predicted octanol–water partition coefficient (Wildman–Crippen LogP) is 2.89. The number of carbonyl (C=O) groups is 1. The molecule has 0 unspecified atom stereocenters. The summed E-state index contributed by atoms with van der Waals surface area (Å²) >= 11 is 0. The number of hydrogen-bond acceptors (Lipinski definition) is 4. The second-order valence-corrected chi connectivity index (χ2v) is 8.87. The molecule has 1 saturated carbocycles. The van der Waals surface area contributed by atoms with Gasteiger partial charge in [-0.25, -0.2) is 13.1 Å². The number of amides is 1. The van der Waals surface area contributed by atoms with E-state index in [0.717, 1.165) is 24.0 Å². The van der Waals surface area contributed by atoms with Crippen LogP contribution in [0.25, 0.3) is 0 Å². The summed E-state index contributed by atoms with van der Waals surface area (Å²) in [6.07, 6.45) is 1.77. The Kier molecular flexibility index (Phi) is 5.53. The van der Waals surface area contributed by atoms with Crippen LogP contribution in [0.3, 0.4) is 0 Å². The van der Waals surface area contributed by atoms with Crippen molar-refractivity contribution in [2.75, 3.05) is 0 Å². The molecule has 144 valence electrons. The molecule has 0 bridgehead atoms. The van der Waals surface area contributed by atoms with Gasteiger partial charge in [0, 0.05) is 12.6 Å². The van der Waals surface area contributed by atoms with E-state index >= 15 is 0 Å². The first kappa shape index (κ1) is 19.4. The summed E-state index contributed by atoms with van der Waals surface area (Å²) < 4.78 is 26.9. The maximum absolute atomic E-state index is 12.3. The topological polar surface area (TPSA) is 95.5 Å². The maximum Gasteiger partial charge on any atom is 0.255 e. The molecule has 3 N–H and O–H groups in total. The molecule has 0 heterocycles. The lowest BCUT2D eigenvalue weighted by Crippen LogP contribution is -2.26. The number of benzene rings is 2. The maximum atomic E-state index is 12.3. The number of carbonyl (C=O) groups excluding carboxylic acids is 1. The van der Waals surface area contributed by atoms with E-state index in [0.29, 0.717) is 0 Å². The van der Waals surface area contributed by atoms with Crippen molar-refractivity contribution in [3.8, 4) is 5.75 Å². The Morgan fingerprint density at radius 1 is 1.15 bits per heavy atom. The Labute approximate surface area is 159 Å². The van der Waals surface area contributed by atoms with Crippen molar-refractivity contribution >= 4 is 15.9 Å². The minimum Gasteiger partial charge on any atom is -0.507 e. The van der Waals surface area contributed by atoms with Crippen LogP contribution in [0.1, 0.15) is 54.1 Å². The highest BCUT2D eigenvalue weighted by Crippen LogP contribution is 2.24. The zero-order valence-corrected chi connectivity index (χ0v) is 16.2. The standard InChI is InChI=1S/C20H24N2O4S/c1-13(2)15-5-10-18(19(23)11-15)20(24)21-12-14-3-8-17(9-4-14)27(25,26)22-16-6-7-16/h3-5,8-11,13,16,22-23H,6-7,12H2,1-2H3,(H,21,24). The van der Waals surface area contributed by atoms with Crippen LogP contribution in [-0.2, 0) is 16.6 Å². The van der Waals surface area contributed by atoms with Crippen molar-refractivity contribution in [3.05, 3.63) is 59.2 Å². The summed E-state index contributed by atoms with van der Waals surface area (Å²) in [5.41, 5.74) is 1.94. The van der Waals surface area contributed by atoms with Gasteiger partial charge in [0.1, 0.15) is 5.75 Å². The number of phenolic OH excluding ortho intramolecular Hbond substituents is 1. The zero-order chi connectivity index (χ0) is 19.6. The van der Waals surface area contributed by atoms with Gasteiger partial charge in [-0.05, 0) is 54.2 Å². The average molecular weight is 388 g/mol. The zero-order valence-electron chi connectivity index (χ0n) is 15.4. The SMILES string of the molecule is CC(C)c1ccc(C(=O)NCc2ccc(S(=O)(=O)NC3CC3)cc2)c(O)c1. The third kappa shape index (κ3) is 4.87. The Hall–Kier alpha value is -2.38. The Balaban J connectivity index is 1.62. The molecule has 2 aromatic carbocycles. The minimum absolute atomic E-state index is 0.0497. The van der Waals surface area contributed by atoms with Gasteiger partial charge in [0.25, 0.3) is 5.91 Å². The summed E-state index contributed by atoms with van der Waals surface area (Å²) in [6.45, 7) is 4.26. The van der Waals surface area contributed by atoms with Crippen molar-refractivity contribution in [2.45, 2.75) is 50.1 Å². The fourth-order valence-electron chi connectivity index (χ4n) is 2.65. The monoisotopic (exact) mass is 388 g/mol. The number of aromatic hydroxyl groups is 1. The summed E-state index contributed by atoms with van der Waals surface area (Å²) in [4.78, 5) is 12.5. The van der Waals surface area contributed by atoms with E-state index in [1.807, 2.05) is 19.9 Å². The average Bonchev–Trinajstić information content (AvgIpc) is 3.43. The normalized spacial score (nSPS) is 14.3. The molecule has 1 aliphatic carbocycles. The highest BCUT2D eigenvalue weighted by Gasteiger charge is 2.27. The van der Waals surface area contributed by atoms with Crippen molar-refractivity contribution in [1.82, 2.24) is 10.0 Å². The molecule has 0 aromatic heterocycles. The summed E-state index contributed by atoms with van der Waals surface area (Å²) in [7, 11) is -3.48. The lowest BCUT2D eigenvalue weighted by molar-refractivity contribution is 0.0948. The quantitative estimate of drug-likeness (QED) is 0.680. The molecule has 0 atom stereocenters. The second kappa shape index (κ2) is 7.70. The fraction of sp³-hybridized carbons (Fsp3) is 0.350. The number of hydrogen-bond donors (Lipinski definition) is 3. The largest absolute Gasteiger partial charge is 0.507 e. The van der Waals surface area contributed by atoms with E-state index in [2.05, 4.69) is 10.0 Å². The Morgan fingerprint density at radius 3 is 2.37 bits per heavy atom. The van der Waals surface area contributed by atoms with Crippen LogP contribution in [0.4, 0.5) is 0 Å². The van der Waals surface area contributed by atoms with Gasteiger partial charge in [0.15, 0.2) is 0 Å². The third-order valence-electron chi connectivity index (χ3n) is 4.52. The molecule has 0 spiro atoms. The summed E-state index contributed by atoms with van der Waals surface area (Å²) in [5.74, 6) is -0.168. The van der Waals surface area contributed by atoms with Gasteiger partial charge in [-0.15, -0.1) is 0 Å². The van der Waals surface area contributed by atoms with Crippen LogP contribution in [0.5, 0.6) is 5.75 Å². The van der Waals surface area contributed by atoms with Crippen molar-refractivity contribution in [1.29, 1.82) is 0 Å². The number of phenols is 1. The molecule has 0 radical (unpaired) electrons. The van der Waals surface area contributed by atoms with Gasteiger partial charge in [-0.3, -0.25) is 4.79 Å². The number of sulfonamides is 1. The van der Waals surface area contributed by atoms with Gasteiger partial charge in [-0.1, -0.05) is 32.0 Å². The van der Waals surface area contributed by atoms with Crippen LogP contribution in [0.15, 0.2) is 47.4 Å². The van der Waals surface area contributed by atoms with E-state index in [9.17, 15) is 18.3 Å². The molecule has 0 saturated heterocycles. The molecule has 1 fully saturated rings. The van der Waals surface area contributed by atoms with Crippen LogP contribution >= 0.6 is 0 Å². The van der Waals surface area contributed by atoms with Gasteiger partial charge in [0.2, 0.25) is 10.0 Å². The first-order valence-electron chi connectivity index (χ1n) is 8.98. The van der Waals surface area contributed by atoms with Crippen LogP contribution in [-0.4, -0.2) is 25.5 Å². The van der Waals surface area contributed by atoms with E-state index < -0.39 is 10.0 Å². The van der Waals surface area contributed by atoms with E-state index in [1.165, 1.54) is 12.1 Å². The highest BCUT2D eigenvalue weighted by atomic mass is 32.2. The van der Waals surface area contributed by atoms with E-state index in [-0.39, 0.29) is 40.6 Å². The minimum atomic E-state index is -3.48. The number of nitrogens with one attached hydrogen (secondary N) is 2. The lowest BCUT2D eigenvalue weighted by atomic mass is 10.0. The van der Waals surface area contributed by atoms with Gasteiger partial charge >= 0.3 is 0 Å². The summed E-state index contributed by atoms with van der Waals surface area (Å²) in [5, 5.41) is 12.8.